The molecule has 2 N–H and O–H groups in total. The molecule has 34 heavy (non-hydrogen) atoms. The molecule has 180 valence electrons. The summed E-state index contributed by atoms with van der Waals surface area (Å²) in [6, 6.07) is 1.20. The van der Waals surface area contributed by atoms with Crippen molar-refractivity contribution in [3.63, 3.8) is 0 Å². The molecule has 4 aliphatic rings. The molecule has 2 aliphatic heterocycles. The van der Waals surface area contributed by atoms with Crippen molar-refractivity contribution in [3.8, 4) is 0 Å². The third kappa shape index (κ3) is 3.59. The van der Waals surface area contributed by atoms with Crippen molar-refractivity contribution in [2.75, 3.05) is 62.8 Å². The van der Waals surface area contributed by atoms with Gasteiger partial charge in [-0.2, -0.15) is 0 Å². The number of ether oxygens (including phenoxy) is 2. The fourth-order valence-corrected chi connectivity index (χ4v) is 6.27. The lowest BCUT2D eigenvalue weighted by molar-refractivity contribution is 0.00351. The quantitative estimate of drug-likeness (QED) is 0.601. The van der Waals surface area contributed by atoms with Gasteiger partial charge in [0.2, 0.25) is 5.95 Å². The van der Waals surface area contributed by atoms with Crippen LogP contribution in [0.5, 0.6) is 0 Å². The first-order valence-electron chi connectivity index (χ1n) is 12.7. The largest absolute Gasteiger partial charge is 0.379 e. The number of fused-ring (bicyclic) bond motifs is 3. The van der Waals surface area contributed by atoms with E-state index in [0.717, 1.165) is 79.3 Å². The van der Waals surface area contributed by atoms with Crippen LogP contribution in [0.4, 0.5) is 11.8 Å². The molecule has 4 fully saturated rings. The van der Waals surface area contributed by atoms with Gasteiger partial charge in [0.1, 0.15) is 23.3 Å². The van der Waals surface area contributed by atoms with E-state index in [2.05, 4.69) is 35.1 Å². The van der Waals surface area contributed by atoms with Crippen LogP contribution in [0.25, 0.3) is 22.1 Å². The molecule has 0 unspecified atom stereocenters. The van der Waals surface area contributed by atoms with Gasteiger partial charge >= 0.3 is 0 Å². The first kappa shape index (κ1) is 20.8. The van der Waals surface area contributed by atoms with Gasteiger partial charge in [-0.1, -0.05) is 0 Å². The van der Waals surface area contributed by atoms with Crippen molar-refractivity contribution in [1.82, 2.24) is 29.8 Å². The van der Waals surface area contributed by atoms with Crippen molar-refractivity contribution in [2.24, 2.45) is 5.41 Å². The maximum atomic E-state index is 5.54. The molecular formula is C24H32N8O2. The van der Waals surface area contributed by atoms with Gasteiger partial charge in [0.15, 0.2) is 0 Å². The van der Waals surface area contributed by atoms with Gasteiger partial charge in [0.05, 0.1) is 43.5 Å². The summed E-state index contributed by atoms with van der Waals surface area (Å²) in [5, 5.41) is 4.76. The molecule has 0 radical (unpaired) electrons. The van der Waals surface area contributed by atoms with Crippen LogP contribution in [0.3, 0.4) is 0 Å². The molecule has 3 aromatic rings. The molecule has 10 nitrogen and oxygen atoms in total. The summed E-state index contributed by atoms with van der Waals surface area (Å²) in [6.45, 7) is 6.99. The molecule has 3 aromatic heterocycles. The van der Waals surface area contributed by atoms with E-state index in [9.17, 15) is 0 Å². The Bertz CT molecular complexity index is 1180. The number of hydrogen-bond acceptors (Lipinski definition) is 9. The van der Waals surface area contributed by atoms with Gasteiger partial charge in [0, 0.05) is 38.3 Å². The summed E-state index contributed by atoms with van der Waals surface area (Å²) in [4.78, 5) is 26.9. The number of rotatable bonds is 4. The monoisotopic (exact) mass is 464 g/mol. The second-order valence-electron chi connectivity index (χ2n) is 10.2. The summed E-state index contributed by atoms with van der Waals surface area (Å²) in [5.74, 6) is 1.64. The number of morpholine rings is 2. The first-order valence-corrected chi connectivity index (χ1v) is 12.7. The van der Waals surface area contributed by atoms with Crippen molar-refractivity contribution >= 4 is 33.8 Å². The van der Waals surface area contributed by atoms with E-state index < -0.39 is 0 Å². The second kappa shape index (κ2) is 8.28. The summed E-state index contributed by atoms with van der Waals surface area (Å²) in [6.07, 6.45) is 9.90. The fourth-order valence-electron chi connectivity index (χ4n) is 6.27. The van der Waals surface area contributed by atoms with E-state index >= 15 is 0 Å². The molecule has 1 atom stereocenters. The van der Waals surface area contributed by atoms with Gasteiger partial charge in [-0.05, 0) is 37.5 Å². The zero-order valence-electron chi connectivity index (χ0n) is 19.5. The minimum Gasteiger partial charge on any atom is -0.379 e. The highest BCUT2D eigenvalue weighted by Gasteiger charge is 2.55. The van der Waals surface area contributed by atoms with E-state index in [1.54, 1.807) is 6.33 Å². The number of aromatic nitrogens is 5. The van der Waals surface area contributed by atoms with E-state index in [1.165, 1.54) is 32.1 Å². The smallest absolute Gasteiger partial charge is 0.226 e. The van der Waals surface area contributed by atoms with E-state index in [-0.39, 0.29) is 0 Å². The summed E-state index contributed by atoms with van der Waals surface area (Å²) in [5.41, 5.74) is 3.01. The molecule has 2 saturated carbocycles. The normalized spacial score (nSPS) is 30.3. The van der Waals surface area contributed by atoms with Crippen LogP contribution in [-0.2, 0) is 9.47 Å². The predicted octanol–water partition coefficient (Wildman–Crippen LogP) is 2.18. The second-order valence-corrected chi connectivity index (χ2v) is 10.2. The molecule has 0 aromatic carbocycles. The van der Waals surface area contributed by atoms with Crippen LogP contribution < -0.4 is 10.2 Å². The molecule has 0 amide bonds. The SMILES string of the molecule is c1nc(N[C@@H]2CC23CCC(N2CCOCC2)CC3)c2c(n1)[nH]c1cnc(N3CCOCC3)nc12. The Labute approximate surface area is 198 Å². The molecule has 10 heteroatoms. The highest BCUT2D eigenvalue weighted by Crippen LogP contribution is 2.58. The standard InChI is InChI=1S/C24H32N8O2/c1-3-24(4-2-16(1)31-5-9-33-10-6-31)13-18(24)29-22-19-20-17(28-21(19)26-15-27-22)14-25-23(30-20)32-7-11-34-12-8-32/h14-16,18H,1-13H2,(H2,26,27,28,29)/t16?,18-,24?/m1/s1. The van der Waals surface area contributed by atoms with Gasteiger partial charge in [-0.3, -0.25) is 4.90 Å². The van der Waals surface area contributed by atoms with Crippen molar-refractivity contribution in [3.05, 3.63) is 12.5 Å². The Balaban J connectivity index is 1.11. The fraction of sp³-hybridized carbons (Fsp3) is 0.667. The van der Waals surface area contributed by atoms with Crippen LogP contribution >= 0.6 is 0 Å². The third-order valence-corrected chi connectivity index (χ3v) is 8.42. The number of nitrogens with zero attached hydrogens (tertiary/aromatic N) is 6. The Hall–Kier alpha value is -2.56. The lowest BCUT2D eigenvalue weighted by Crippen LogP contribution is -2.45. The number of H-pyrrole nitrogens is 1. The highest BCUT2D eigenvalue weighted by molar-refractivity contribution is 6.09. The van der Waals surface area contributed by atoms with Crippen LogP contribution in [-0.4, -0.2) is 94.5 Å². The number of hydrogen-bond donors (Lipinski definition) is 2. The molecule has 2 saturated heterocycles. The summed E-state index contributed by atoms with van der Waals surface area (Å²) in [7, 11) is 0. The zero-order valence-corrected chi connectivity index (χ0v) is 19.5. The molecule has 1 spiro atoms. The molecule has 2 aliphatic carbocycles. The Morgan fingerprint density at radius 1 is 0.971 bits per heavy atom. The predicted molar refractivity (Wildman–Crippen MR) is 129 cm³/mol. The first-order chi connectivity index (χ1) is 16.8. The van der Waals surface area contributed by atoms with Gasteiger partial charge < -0.3 is 24.7 Å². The van der Waals surface area contributed by atoms with Gasteiger partial charge in [-0.15, -0.1) is 0 Å². The lowest BCUT2D eigenvalue weighted by Gasteiger charge is -2.39. The van der Waals surface area contributed by atoms with Crippen LogP contribution in [0.1, 0.15) is 32.1 Å². The maximum absolute atomic E-state index is 5.54. The molecule has 5 heterocycles. The minimum absolute atomic E-state index is 0.417. The van der Waals surface area contributed by atoms with E-state index in [4.69, 9.17) is 14.5 Å². The van der Waals surface area contributed by atoms with Gasteiger partial charge in [-0.25, -0.2) is 19.9 Å². The zero-order chi connectivity index (χ0) is 22.5. The number of nitrogens with one attached hydrogen (secondary N) is 2. The van der Waals surface area contributed by atoms with Crippen molar-refractivity contribution < 1.29 is 9.47 Å². The number of aromatic amines is 1. The van der Waals surface area contributed by atoms with E-state index in [1.807, 2.05) is 6.20 Å². The molecule has 0 bridgehead atoms. The topological polar surface area (TPSA) is 104 Å². The van der Waals surface area contributed by atoms with Gasteiger partial charge in [0.25, 0.3) is 0 Å². The maximum Gasteiger partial charge on any atom is 0.226 e. The molecule has 7 rings (SSSR count). The average Bonchev–Trinajstić information content (AvgIpc) is 3.40. The van der Waals surface area contributed by atoms with Crippen LogP contribution in [0.2, 0.25) is 0 Å². The average molecular weight is 465 g/mol. The summed E-state index contributed by atoms with van der Waals surface area (Å²) < 4.78 is 11.0. The highest BCUT2D eigenvalue weighted by atomic mass is 16.5. The summed E-state index contributed by atoms with van der Waals surface area (Å²) >= 11 is 0. The Morgan fingerprint density at radius 3 is 2.53 bits per heavy atom. The van der Waals surface area contributed by atoms with Crippen LogP contribution in [0, 0.1) is 5.41 Å². The minimum atomic E-state index is 0.417. The van der Waals surface area contributed by atoms with Crippen molar-refractivity contribution in [2.45, 2.75) is 44.2 Å². The van der Waals surface area contributed by atoms with Crippen LogP contribution in [0.15, 0.2) is 12.5 Å². The van der Waals surface area contributed by atoms with Crippen molar-refractivity contribution in [1.29, 1.82) is 0 Å². The lowest BCUT2D eigenvalue weighted by atomic mass is 9.82. The Morgan fingerprint density at radius 2 is 1.74 bits per heavy atom. The molecular weight excluding hydrogens is 432 g/mol. The van der Waals surface area contributed by atoms with E-state index in [0.29, 0.717) is 24.7 Å². The number of anilines is 2. The third-order valence-electron chi connectivity index (χ3n) is 8.42. The Kier molecular flexibility index (Phi) is 5.06.